The van der Waals surface area contributed by atoms with Gasteiger partial charge in [0.25, 0.3) is 0 Å². The molecule has 0 spiro atoms. The number of carbonyl (C=O) groups is 2. The van der Waals surface area contributed by atoms with Crippen molar-refractivity contribution in [3.8, 4) is 0 Å². The summed E-state index contributed by atoms with van der Waals surface area (Å²) in [6, 6.07) is 10.3. The van der Waals surface area contributed by atoms with Gasteiger partial charge in [0.15, 0.2) is 0 Å². The van der Waals surface area contributed by atoms with Gasteiger partial charge < -0.3 is 19.1 Å². The van der Waals surface area contributed by atoms with Crippen LogP contribution in [0.2, 0.25) is 0 Å². The zero-order valence-corrected chi connectivity index (χ0v) is 19.3. The van der Waals surface area contributed by atoms with Crippen molar-refractivity contribution < 1.29 is 14.3 Å². The van der Waals surface area contributed by atoms with Gasteiger partial charge in [-0.05, 0) is 49.9 Å². The van der Waals surface area contributed by atoms with Gasteiger partial charge in [0.1, 0.15) is 11.5 Å². The van der Waals surface area contributed by atoms with Crippen LogP contribution in [0.4, 0.5) is 5.82 Å². The number of aromatic nitrogens is 2. The number of nitrogens with zero attached hydrogens (tertiary/aromatic N) is 4. The molecule has 0 unspecified atom stereocenters. The minimum atomic E-state index is -0.334. The molecular weight excluding hydrogens is 416 g/mol. The Morgan fingerprint density at radius 3 is 2.67 bits per heavy atom. The molecule has 1 fully saturated rings. The van der Waals surface area contributed by atoms with Crippen molar-refractivity contribution in [2.24, 2.45) is 0 Å². The minimum Gasteiger partial charge on any atom is -0.461 e. The van der Waals surface area contributed by atoms with Crippen molar-refractivity contribution in [1.29, 1.82) is 0 Å². The maximum atomic E-state index is 13.4. The van der Waals surface area contributed by atoms with E-state index in [2.05, 4.69) is 33.5 Å². The van der Waals surface area contributed by atoms with Crippen LogP contribution in [0.15, 0.2) is 36.5 Å². The molecule has 0 atom stereocenters. The van der Waals surface area contributed by atoms with Crippen LogP contribution in [0, 0.1) is 6.92 Å². The first-order valence-electron chi connectivity index (χ1n) is 11.8. The predicted octanol–water partition coefficient (Wildman–Crippen LogP) is 3.36. The highest BCUT2D eigenvalue weighted by Gasteiger charge is 2.30. The van der Waals surface area contributed by atoms with E-state index in [-0.39, 0.29) is 18.3 Å². The molecule has 1 aromatic carbocycles. The van der Waals surface area contributed by atoms with E-state index in [1.807, 2.05) is 36.2 Å². The number of hydrogen-bond acceptors (Lipinski definition) is 5. The van der Waals surface area contributed by atoms with Crippen LogP contribution in [-0.2, 0) is 28.9 Å². The van der Waals surface area contributed by atoms with E-state index in [1.165, 1.54) is 11.1 Å². The largest absolute Gasteiger partial charge is 0.461 e. The molecule has 2 aliphatic heterocycles. The number of carbonyl (C=O) groups excluding carboxylic acids is 2. The van der Waals surface area contributed by atoms with Crippen molar-refractivity contribution in [2.75, 3.05) is 37.7 Å². The Morgan fingerprint density at radius 1 is 1.09 bits per heavy atom. The van der Waals surface area contributed by atoms with E-state index < -0.39 is 0 Å². The molecule has 3 aromatic rings. The second kappa shape index (κ2) is 8.89. The maximum Gasteiger partial charge on any atom is 0.355 e. The summed E-state index contributed by atoms with van der Waals surface area (Å²) in [6.07, 6.45) is 4.01. The number of ether oxygens (including phenoxy) is 1. The fourth-order valence-corrected chi connectivity index (χ4v) is 5.16. The molecule has 172 valence electrons. The first-order chi connectivity index (χ1) is 16.1. The van der Waals surface area contributed by atoms with Gasteiger partial charge >= 0.3 is 5.97 Å². The van der Waals surface area contributed by atoms with Gasteiger partial charge in [-0.3, -0.25) is 4.79 Å². The number of benzene rings is 1. The summed E-state index contributed by atoms with van der Waals surface area (Å²) in [4.78, 5) is 34.9. The predicted molar refractivity (Wildman–Crippen MR) is 128 cm³/mol. The number of rotatable bonds is 5. The number of hydrogen-bond donors (Lipinski definition) is 0. The van der Waals surface area contributed by atoms with Gasteiger partial charge in [-0.25, -0.2) is 9.78 Å². The van der Waals surface area contributed by atoms with E-state index in [1.54, 1.807) is 0 Å². The van der Waals surface area contributed by atoms with Crippen LogP contribution < -0.4 is 4.90 Å². The first-order valence-corrected chi connectivity index (χ1v) is 11.8. The smallest absolute Gasteiger partial charge is 0.355 e. The lowest BCUT2D eigenvalue weighted by Gasteiger charge is -2.35. The topological polar surface area (TPSA) is 67.7 Å². The van der Waals surface area contributed by atoms with Gasteiger partial charge in [-0.15, -0.1) is 0 Å². The van der Waals surface area contributed by atoms with E-state index in [4.69, 9.17) is 4.74 Å². The van der Waals surface area contributed by atoms with Gasteiger partial charge in [-0.2, -0.15) is 0 Å². The molecule has 33 heavy (non-hydrogen) atoms. The molecule has 1 amide bonds. The number of piperazine rings is 1. The summed E-state index contributed by atoms with van der Waals surface area (Å²) in [5.74, 6) is 0.682. The highest BCUT2D eigenvalue weighted by atomic mass is 16.5. The van der Waals surface area contributed by atoms with Crippen LogP contribution >= 0.6 is 0 Å². The highest BCUT2D eigenvalue weighted by Crippen LogP contribution is 2.34. The first kappa shape index (κ1) is 21.5. The molecule has 4 heterocycles. The van der Waals surface area contributed by atoms with Crippen LogP contribution in [-0.4, -0.2) is 59.1 Å². The molecule has 0 radical (unpaired) electrons. The van der Waals surface area contributed by atoms with Gasteiger partial charge in [0.05, 0.1) is 18.5 Å². The summed E-state index contributed by atoms with van der Waals surface area (Å²) >= 11 is 0. The molecule has 2 aromatic heterocycles. The van der Waals surface area contributed by atoms with E-state index in [0.29, 0.717) is 25.4 Å². The molecule has 2 aliphatic rings. The molecule has 1 saturated heterocycles. The zero-order chi connectivity index (χ0) is 22.9. The van der Waals surface area contributed by atoms with E-state index in [0.717, 1.165) is 54.8 Å². The van der Waals surface area contributed by atoms with Gasteiger partial charge in [-0.1, -0.05) is 18.2 Å². The Balaban J connectivity index is 1.39. The second-order valence-electron chi connectivity index (χ2n) is 8.85. The number of aryl methyl sites for hydroxylation is 3. The Hall–Kier alpha value is -3.35. The normalized spacial score (nSPS) is 15.7. The number of pyridine rings is 1. The Labute approximate surface area is 193 Å². The van der Waals surface area contributed by atoms with Crippen molar-refractivity contribution in [2.45, 2.75) is 39.7 Å². The summed E-state index contributed by atoms with van der Waals surface area (Å²) in [7, 11) is 0. The van der Waals surface area contributed by atoms with Crippen molar-refractivity contribution in [3.05, 3.63) is 58.9 Å². The third-order valence-corrected chi connectivity index (χ3v) is 6.75. The molecular formula is C26H30N4O3. The lowest BCUT2D eigenvalue weighted by Crippen LogP contribution is -2.49. The molecule has 0 bridgehead atoms. The number of esters is 1. The fourth-order valence-electron chi connectivity index (χ4n) is 5.16. The van der Waals surface area contributed by atoms with Crippen molar-refractivity contribution >= 4 is 28.6 Å². The molecule has 5 rings (SSSR count). The van der Waals surface area contributed by atoms with Gasteiger partial charge in [0, 0.05) is 49.9 Å². The van der Waals surface area contributed by atoms with E-state index >= 15 is 0 Å². The molecule has 0 N–H and O–H groups in total. The number of anilines is 1. The quantitative estimate of drug-likeness (QED) is 0.562. The standard InChI is InChI=1S/C26H30N4O3/c1-3-33-26(32)25-21(20-8-4-6-19-7-5-11-30(25)24(19)20)17-23(31)29-14-12-28(13-15-29)22-16-18(2)9-10-27-22/h4,6,8-10,16H,3,5,7,11-15,17H2,1-2H3. The Bertz CT molecular complexity index is 1210. The van der Waals surface area contributed by atoms with Crippen LogP contribution in [0.1, 0.15) is 40.5 Å². The summed E-state index contributed by atoms with van der Waals surface area (Å²) < 4.78 is 7.49. The summed E-state index contributed by atoms with van der Waals surface area (Å²) in [5, 5.41) is 1.01. The third kappa shape index (κ3) is 3.96. The fraction of sp³-hybridized carbons (Fsp3) is 0.423. The zero-order valence-electron chi connectivity index (χ0n) is 19.3. The Kier molecular flexibility index (Phi) is 5.79. The molecule has 7 nitrogen and oxygen atoms in total. The number of para-hydroxylation sites is 1. The lowest BCUT2D eigenvalue weighted by atomic mass is 10.0. The monoisotopic (exact) mass is 446 g/mol. The average molecular weight is 447 g/mol. The number of amides is 1. The Morgan fingerprint density at radius 2 is 1.91 bits per heavy atom. The van der Waals surface area contributed by atoms with Crippen LogP contribution in [0.5, 0.6) is 0 Å². The highest BCUT2D eigenvalue weighted by molar-refractivity contribution is 6.02. The van der Waals surface area contributed by atoms with Crippen LogP contribution in [0.25, 0.3) is 10.9 Å². The SMILES string of the molecule is CCOC(=O)c1c(CC(=O)N2CCN(c3cc(C)ccn3)CC2)c2cccc3c2n1CCC3. The summed E-state index contributed by atoms with van der Waals surface area (Å²) in [6.45, 7) is 7.76. The summed E-state index contributed by atoms with van der Waals surface area (Å²) in [5.41, 5.74) is 4.86. The molecule has 0 aliphatic carbocycles. The van der Waals surface area contributed by atoms with Crippen molar-refractivity contribution in [1.82, 2.24) is 14.5 Å². The second-order valence-corrected chi connectivity index (χ2v) is 8.85. The average Bonchev–Trinajstić information content (AvgIpc) is 3.14. The lowest BCUT2D eigenvalue weighted by molar-refractivity contribution is -0.130. The molecule has 0 saturated carbocycles. The molecule has 7 heteroatoms. The van der Waals surface area contributed by atoms with Crippen LogP contribution in [0.3, 0.4) is 0 Å². The van der Waals surface area contributed by atoms with E-state index in [9.17, 15) is 9.59 Å². The minimum absolute atomic E-state index is 0.0566. The maximum absolute atomic E-state index is 13.4. The van der Waals surface area contributed by atoms with Gasteiger partial charge in [0.2, 0.25) is 5.91 Å². The third-order valence-electron chi connectivity index (χ3n) is 6.75. The van der Waals surface area contributed by atoms with Crippen molar-refractivity contribution in [3.63, 3.8) is 0 Å².